The van der Waals surface area contributed by atoms with Crippen LogP contribution < -0.4 is 5.32 Å². The zero-order chi connectivity index (χ0) is 13.8. The van der Waals surface area contributed by atoms with Crippen molar-refractivity contribution in [1.82, 2.24) is 10.3 Å². The van der Waals surface area contributed by atoms with Gasteiger partial charge in [-0.25, -0.2) is 0 Å². The summed E-state index contributed by atoms with van der Waals surface area (Å²) in [5, 5.41) is 12.8. The van der Waals surface area contributed by atoms with Crippen molar-refractivity contribution in [1.29, 1.82) is 0 Å². The Morgan fingerprint density at radius 3 is 2.89 bits per heavy atom. The summed E-state index contributed by atoms with van der Waals surface area (Å²) < 4.78 is 0.711. The SMILES string of the molecule is Cc1[nH]c(=S)sc1CC(=O)NCC1CCCCC1O. The molecule has 1 aliphatic rings. The number of aromatic nitrogens is 1. The van der Waals surface area contributed by atoms with Crippen LogP contribution in [0.2, 0.25) is 0 Å². The fourth-order valence-corrected chi connectivity index (χ4v) is 3.78. The average molecular weight is 300 g/mol. The minimum absolute atomic E-state index is 0.00567. The van der Waals surface area contributed by atoms with Crippen molar-refractivity contribution in [2.45, 2.75) is 45.1 Å². The lowest BCUT2D eigenvalue weighted by Crippen LogP contribution is -2.37. The van der Waals surface area contributed by atoms with Crippen LogP contribution in [0.4, 0.5) is 0 Å². The molecular formula is C13H20N2O2S2. The van der Waals surface area contributed by atoms with Gasteiger partial charge < -0.3 is 15.4 Å². The molecule has 1 fully saturated rings. The number of rotatable bonds is 4. The number of nitrogens with one attached hydrogen (secondary N) is 2. The van der Waals surface area contributed by atoms with Gasteiger partial charge in [-0.2, -0.15) is 0 Å². The molecule has 0 aromatic carbocycles. The van der Waals surface area contributed by atoms with Crippen molar-refractivity contribution in [2.75, 3.05) is 6.54 Å². The lowest BCUT2D eigenvalue weighted by molar-refractivity contribution is -0.120. The molecule has 19 heavy (non-hydrogen) atoms. The van der Waals surface area contributed by atoms with Gasteiger partial charge in [0.05, 0.1) is 12.5 Å². The third-order valence-electron chi connectivity index (χ3n) is 3.68. The van der Waals surface area contributed by atoms with E-state index in [4.69, 9.17) is 12.2 Å². The molecule has 3 N–H and O–H groups in total. The number of aromatic amines is 1. The molecule has 0 bridgehead atoms. The summed E-state index contributed by atoms with van der Waals surface area (Å²) in [5.41, 5.74) is 0.975. The van der Waals surface area contributed by atoms with E-state index < -0.39 is 0 Å². The maximum atomic E-state index is 11.9. The molecule has 0 saturated heterocycles. The predicted octanol–water partition coefficient (Wildman–Crippen LogP) is 2.32. The molecule has 0 radical (unpaired) electrons. The maximum absolute atomic E-state index is 11.9. The smallest absolute Gasteiger partial charge is 0.225 e. The second-order valence-electron chi connectivity index (χ2n) is 5.16. The Balaban J connectivity index is 1.81. The highest BCUT2D eigenvalue weighted by atomic mass is 32.1. The van der Waals surface area contributed by atoms with Gasteiger partial charge in [-0.15, -0.1) is 11.3 Å². The highest BCUT2D eigenvalue weighted by molar-refractivity contribution is 7.73. The number of amides is 1. The minimum atomic E-state index is -0.259. The number of thiazole rings is 1. The summed E-state index contributed by atoms with van der Waals surface area (Å²) in [6.45, 7) is 2.51. The lowest BCUT2D eigenvalue weighted by atomic mass is 9.86. The third kappa shape index (κ3) is 4.12. The second kappa shape index (κ2) is 6.63. The van der Waals surface area contributed by atoms with Crippen LogP contribution in [-0.4, -0.2) is 28.6 Å². The van der Waals surface area contributed by atoms with Crippen LogP contribution in [0.1, 0.15) is 36.3 Å². The Hall–Kier alpha value is -0.720. The van der Waals surface area contributed by atoms with Crippen LogP contribution in [0.25, 0.3) is 0 Å². The number of aliphatic hydroxyl groups is 1. The quantitative estimate of drug-likeness (QED) is 0.748. The van der Waals surface area contributed by atoms with Gasteiger partial charge in [0.15, 0.2) is 3.95 Å². The number of aliphatic hydroxyl groups excluding tert-OH is 1. The van der Waals surface area contributed by atoms with Crippen molar-refractivity contribution < 1.29 is 9.90 Å². The van der Waals surface area contributed by atoms with Gasteiger partial charge in [-0.1, -0.05) is 12.8 Å². The molecule has 0 spiro atoms. The van der Waals surface area contributed by atoms with E-state index >= 15 is 0 Å². The summed E-state index contributed by atoms with van der Waals surface area (Å²) in [4.78, 5) is 15.9. The Morgan fingerprint density at radius 2 is 2.26 bits per heavy atom. The van der Waals surface area contributed by atoms with E-state index in [9.17, 15) is 9.90 Å². The first kappa shape index (κ1) is 14.7. The second-order valence-corrected chi connectivity index (χ2v) is 6.93. The van der Waals surface area contributed by atoms with E-state index in [1.807, 2.05) is 6.92 Å². The van der Waals surface area contributed by atoms with Gasteiger partial charge in [-0.3, -0.25) is 4.79 Å². The van der Waals surface area contributed by atoms with Crippen molar-refractivity contribution in [2.24, 2.45) is 5.92 Å². The molecule has 1 heterocycles. The fourth-order valence-electron chi connectivity index (χ4n) is 2.48. The van der Waals surface area contributed by atoms with Crippen molar-refractivity contribution >= 4 is 29.5 Å². The number of hydrogen-bond donors (Lipinski definition) is 3. The zero-order valence-corrected chi connectivity index (χ0v) is 12.7. The van der Waals surface area contributed by atoms with Crippen molar-refractivity contribution in [3.8, 4) is 0 Å². The molecule has 6 heteroatoms. The first-order valence-corrected chi connectivity index (χ1v) is 7.92. The molecule has 106 valence electrons. The van der Waals surface area contributed by atoms with E-state index in [1.54, 1.807) is 0 Å². The van der Waals surface area contributed by atoms with Crippen molar-refractivity contribution in [3.63, 3.8) is 0 Å². The highest BCUT2D eigenvalue weighted by Gasteiger charge is 2.23. The van der Waals surface area contributed by atoms with E-state index in [-0.39, 0.29) is 17.9 Å². The van der Waals surface area contributed by atoms with Crippen molar-refractivity contribution in [3.05, 3.63) is 14.5 Å². The molecule has 0 aliphatic heterocycles. The van der Waals surface area contributed by atoms with Crippen LogP contribution in [0.3, 0.4) is 0 Å². The lowest BCUT2D eigenvalue weighted by Gasteiger charge is -2.27. The predicted molar refractivity (Wildman–Crippen MR) is 78.9 cm³/mol. The van der Waals surface area contributed by atoms with Gasteiger partial charge in [0.2, 0.25) is 5.91 Å². The van der Waals surface area contributed by atoms with E-state index in [0.29, 0.717) is 16.9 Å². The van der Waals surface area contributed by atoms with E-state index in [2.05, 4.69) is 10.3 Å². The number of H-pyrrole nitrogens is 1. The summed E-state index contributed by atoms with van der Waals surface area (Å²) in [6, 6.07) is 0. The normalized spacial score (nSPS) is 23.3. The van der Waals surface area contributed by atoms with Gasteiger partial charge in [0.1, 0.15) is 0 Å². The van der Waals surface area contributed by atoms with E-state index in [0.717, 1.165) is 36.3 Å². The molecule has 1 aromatic heterocycles. The Morgan fingerprint density at radius 1 is 1.53 bits per heavy atom. The molecule has 2 unspecified atom stereocenters. The van der Waals surface area contributed by atoms with Crippen LogP contribution >= 0.6 is 23.6 Å². The highest BCUT2D eigenvalue weighted by Crippen LogP contribution is 2.23. The molecule has 1 aliphatic carbocycles. The van der Waals surface area contributed by atoms with E-state index in [1.165, 1.54) is 11.3 Å². The van der Waals surface area contributed by atoms with Gasteiger partial charge in [-0.05, 0) is 32.0 Å². The van der Waals surface area contributed by atoms with Gasteiger partial charge >= 0.3 is 0 Å². The molecular weight excluding hydrogens is 280 g/mol. The van der Waals surface area contributed by atoms with Gasteiger partial charge in [0.25, 0.3) is 0 Å². The Labute approximate surface area is 122 Å². The molecule has 2 atom stereocenters. The molecule has 4 nitrogen and oxygen atoms in total. The van der Waals surface area contributed by atoms with Crippen LogP contribution in [0, 0.1) is 16.8 Å². The number of carbonyl (C=O) groups excluding carboxylic acids is 1. The summed E-state index contributed by atoms with van der Waals surface area (Å²) in [7, 11) is 0. The number of carbonyl (C=O) groups is 1. The summed E-state index contributed by atoms with van der Waals surface area (Å²) >= 11 is 6.51. The number of aryl methyl sites for hydroxylation is 1. The molecule has 1 amide bonds. The third-order valence-corrected chi connectivity index (χ3v) is 5.01. The summed E-state index contributed by atoms with van der Waals surface area (Å²) in [5.74, 6) is 0.217. The van der Waals surface area contributed by atoms with Crippen LogP contribution in [-0.2, 0) is 11.2 Å². The molecule has 1 saturated carbocycles. The first-order valence-electron chi connectivity index (χ1n) is 6.69. The zero-order valence-electron chi connectivity index (χ0n) is 11.1. The topological polar surface area (TPSA) is 65.1 Å². The largest absolute Gasteiger partial charge is 0.393 e. The monoisotopic (exact) mass is 300 g/mol. The Bertz CT molecular complexity index is 495. The number of hydrogen-bond acceptors (Lipinski definition) is 4. The van der Waals surface area contributed by atoms with Crippen LogP contribution in [0.15, 0.2) is 0 Å². The van der Waals surface area contributed by atoms with Crippen LogP contribution in [0.5, 0.6) is 0 Å². The summed E-state index contributed by atoms with van der Waals surface area (Å²) in [6.07, 6.45) is 4.22. The Kier molecular flexibility index (Phi) is 5.13. The standard InChI is InChI=1S/C13H20N2O2S2/c1-8-11(19-13(18)15-8)6-12(17)14-7-9-4-2-3-5-10(9)16/h9-10,16H,2-7H2,1H3,(H,14,17)(H,15,18). The first-order chi connectivity index (χ1) is 9.06. The molecule has 2 rings (SSSR count). The minimum Gasteiger partial charge on any atom is -0.393 e. The fraction of sp³-hybridized carbons (Fsp3) is 0.692. The average Bonchev–Trinajstić information content (AvgIpc) is 2.67. The molecule has 1 aromatic rings. The van der Waals surface area contributed by atoms with Gasteiger partial charge in [0, 0.05) is 23.0 Å². The maximum Gasteiger partial charge on any atom is 0.225 e.